The van der Waals surface area contributed by atoms with Gasteiger partial charge in [0.05, 0.1) is 0 Å². The van der Waals surface area contributed by atoms with Crippen molar-refractivity contribution < 1.29 is 19.1 Å². The molecule has 0 spiro atoms. The molecule has 0 saturated carbocycles. The van der Waals surface area contributed by atoms with Gasteiger partial charge in [-0.2, -0.15) is 0 Å². The van der Waals surface area contributed by atoms with Crippen LogP contribution in [0.2, 0.25) is 5.02 Å². The van der Waals surface area contributed by atoms with Crippen molar-refractivity contribution in [3.05, 3.63) is 87.3 Å². The molecule has 0 radical (unpaired) electrons. The number of rotatable bonds is 4. The fourth-order valence-electron chi connectivity index (χ4n) is 5.51. The molecule has 4 nitrogen and oxygen atoms in total. The fourth-order valence-corrected chi connectivity index (χ4v) is 5.64. The van der Waals surface area contributed by atoms with Crippen LogP contribution in [-0.2, 0) is 20.9 Å². The van der Waals surface area contributed by atoms with E-state index in [9.17, 15) is 9.59 Å². The summed E-state index contributed by atoms with van der Waals surface area (Å²) in [6, 6.07) is 15.3. The fraction of sp³-hybridized carbons (Fsp3) is 0.400. The molecule has 0 atom stereocenters. The predicted molar refractivity (Wildman–Crippen MR) is 136 cm³/mol. The largest absolute Gasteiger partial charge is 0.489 e. The van der Waals surface area contributed by atoms with E-state index >= 15 is 0 Å². The van der Waals surface area contributed by atoms with Gasteiger partial charge in [0, 0.05) is 47.8 Å². The zero-order valence-corrected chi connectivity index (χ0v) is 21.5. The Kier molecular flexibility index (Phi) is 5.91. The zero-order chi connectivity index (χ0) is 25.0. The SMILES string of the molecule is CC1(C)CC(=O)C2=C(C1)OC1=C(C(=O)CC(C)(C)C1)C2c1ccc(OCc2ccc(Cl)cc2)cc1. The molecular weight excluding hydrogens is 460 g/mol. The van der Waals surface area contributed by atoms with E-state index in [2.05, 4.69) is 27.7 Å². The predicted octanol–water partition coefficient (Wildman–Crippen LogP) is 7.32. The summed E-state index contributed by atoms with van der Waals surface area (Å²) in [6.45, 7) is 8.82. The molecule has 5 heteroatoms. The van der Waals surface area contributed by atoms with Gasteiger partial charge in [-0.1, -0.05) is 63.6 Å². The lowest BCUT2D eigenvalue weighted by Crippen LogP contribution is -2.37. The van der Waals surface area contributed by atoms with Crippen molar-refractivity contribution in [2.75, 3.05) is 0 Å². The van der Waals surface area contributed by atoms with Gasteiger partial charge in [0.2, 0.25) is 0 Å². The molecule has 0 aromatic heterocycles. The first-order valence-corrected chi connectivity index (χ1v) is 12.6. The number of benzene rings is 2. The molecule has 35 heavy (non-hydrogen) atoms. The highest BCUT2D eigenvalue weighted by Gasteiger charge is 2.47. The second-order valence-corrected chi connectivity index (χ2v) is 12.0. The summed E-state index contributed by atoms with van der Waals surface area (Å²) < 4.78 is 12.3. The number of ketones is 2. The molecule has 0 saturated heterocycles. The smallest absolute Gasteiger partial charge is 0.163 e. The highest BCUT2D eigenvalue weighted by molar-refractivity contribution is 6.30. The quantitative estimate of drug-likeness (QED) is 0.450. The molecule has 1 heterocycles. The summed E-state index contributed by atoms with van der Waals surface area (Å²) in [6.07, 6.45) is 2.29. The van der Waals surface area contributed by atoms with Crippen molar-refractivity contribution in [3.8, 4) is 5.75 Å². The van der Waals surface area contributed by atoms with Crippen LogP contribution in [0.25, 0.3) is 0 Å². The molecule has 0 fully saturated rings. The summed E-state index contributed by atoms with van der Waals surface area (Å²) in [4.78, 5) is 26.8. The molecular formula is C30H31ClO4. The van der Waals surface area contributed by atoms with Crippen molar-refractivity contribution in [3.63, 3.8) is 0 Å². The molecule has 2 aliphatic carbocycles. The van der Waals surface area contributed by atoms with Gasteiger partial charge in [-0.05, 0) is 46.2 Å². The van der Waals surface area contributed by atoms with Crippen molar-refractivity contribution in [1.29, 1.82) is 0 Å². The van der Waals surface area contributed by atoms with Gasteiger partial charge in [-0.25, -0.2) is 0 Å². The maximum Gasteiger partial charge on any atom is 0.163 e. The Morgan fingerprint density at radius 1 is 0.800 bits per heavy atom. The normalized spacial score (nSPS) is 21.4. The van der Waals surface area contributed by atoms with Gasteiger partial charge in [-0.3, -0.25) is 9.59 Å². The number of carbonyl (C=O) groups excluding carboxylic acids is 2. The lowest BCUT2D eigenvalue weighted by molar-refractivity contribution is -0.120. The Morgan fingerprint density at radius 2 is 1.31 bits per heavy atom. The molecule has 5 rings (SSSR count). The van der Waals surface area contributed by atoms with Crippen LogP contribution in [0.1, 0.15) is 70.4 Å². The van der Waals surface area contributed by atoms with E-state index in [1.807, 2.05) is 48.5 Å². The van der Waals surface area contributed by atoms with Crippen LogP contribution in [0, 0.1) is 10.8 Å². The molecule has 2 aromatic rings. The zero-order valence-electron chi connectivity index (χ0n) is 20.7. The summed E-state index contributed by atoms with van der Waals surface area (Å²) in [5.74, 6) is 1.98. The van der Waals surface area contributed by atoms with Gasteiger partial charge in [0.15, 0.2) is 11.6 Å². The maximum absolute atomic E-state index is 13.4. The van der Waals surface area contributed by atoms with E-state index in [0.29, 0.717) is 48.5 Å². The van der Waals surface area contributed by atoms with Crippen LogP contribution in [0.4, 0.5) is 0 Å². The molecule has 0 amide bonds. The highest BCUT2D eigenvalue weighted by atomic mass is 35.5. The molecule has 1 aliphatic heterocycles. The summed E-state index contributed by atoms with van der Waals surface area (Å²) >= 11 is 5.96. The second kappa shape index (κ2) is 8.67. The van der Waals surface area contributed by atoms with Gasteiger partial charge in [0.1, 0.15) is 23.9 Å². The van der Waals surface area contributed by atoms with Gasteiger partial charge in [0.25, 0.3) is 0 Å². The second-order valence-electron chi connectivity index (χ2n) is 11.6. The van der Waals surface area contributed by atoms with Crippen LogP contribution in [0.5, 0.6) is 5.75 Å². The summed E-state index contributed by atoms with van der Waals surface area (Å²) in [5.41, 5.74) is 2.95. The molecule has 3 aliphatic rings. The lowest BCUT2D eigenvalue weighted by atomic mass is 9.65. The average molecular weight is 491 g/mol. The Balaban J connectivity index is 1.48. The first-order chi connectivity index (χ1) is 16.5. The van der Waals surface area contributed by atoms with Crippen LogP contribution < -0.4 is 4.74 Å². The number of carbonyl (C=O) groups is 2. The van der Waals surface area contributed by atoms with E-state index in [-0.39, 0.29) is 28.3 Å². The Labute approximate surface area is 212 Å². The van der Waals surface area contributed by atoms with E-state index in [1.54, 1.807) is 0 Å². The van der Waals surface area contributed by atoms with E-state index in [0.717, 1.165) is 28.4 Å². The molecule has 2 aromatic carbocycles. The molecule has 0 N–H and O–H groups in total. The number of hydrogen-bond donors (Lipinski definition) is 0. The monoisotopic (exact) mass is 490 g/mol. The standard InChI is InChI=1S/C30H31ClO4/c1-29(2)13-22(32)27-24(15-29)35-25-16-30(3,4)14-23(33)28(25)26(27)19-7-11-21(12-8-19)34-17-18-5-9-20(31)10-6-18/h5-12,26H,13-17H2,1-4H3. The molecule has 0 unspecified atom stereocenters. The Bertz CT molecular complexity index is 1190. The molecule has 182 valence electrons. The summed E-state index contributed by atoms with van der Waals surface area (Å²) in [5, 5.41) is 0.693. The van der Waals surface area contributed by atoms with Gasteiger partial charge >= 0.3 is 0 Å². The maximum atomic E-state index is 13.4. The average Bonchev–Trinajstić information content (AvgIpc) is 2.76. The number of allylic oxidation sites excluding steroid dienone is 4. The number of hydrogen-bond acceptors (Lipinski definition) is 4. The highest BCUT2D eigenvalue weighted by Crippen LogP contribution is 2.53. The van der Waals surface area contributed by atoms with Crippen molar-refractivity contribution in [2.45, 2.75) is 65.9 Å². The lowest BCUT2D eigenvalue weighted by Gasteiger charge is -2.42. The van der Waals surface area contributed by atoms with Gasteiger partial charge in [-0.15, -0.1) is 0 Å². The van der Waals surface area contributed by atoms with E-state index in [1.165, 1.54) is 0 Å². The Hall–Kier alpha value is -2.85. The third-order valence-electron chi connectivity index (χ3n) is 7.11. The third-order valence-corrected chi connectivity index (χ3v) is 7.37. The third kappa shape index (κ3) is 4.81. The number of halogens is 1. The minimum absolute atomic E-state index is 0.0773. The van der Waals surface area contributed by atoms with Gasteiger partial charge < -0.3 is 9.47 Å². The summed E-state index contributed by atoms with van der Waals surface area (Å²) in [7, 11) is 0. The Morgan fingerprint density at radius 3 is 1.83 bits per heavy atom. The van der Waals surface area contributed by atoms with Crippen molar-refractivity contribution in [2.24, 2.45) is 10.8 Å². The van der Waals surface area contributed by atoms with Crippen LogP contribution in [0.15, 0.2) is 71.2 Å². The number of Topliss-reactive ketones (excluding diaryl/α,β-unsaturated/α-hetero) is 2. The van der Waals surface area contributed by atoms with E-state index in [4.69, 9.17) is 21.1 Å². The van der Waals surface area contributed by atoms with E-state index < -0.39 is 0 Å². The van der Waals surface area contributed by atoms with Crippen LogP contribution in [0.3, 0.4) is 0 Å². The van der Waals surface area contributed by atoms with Crippen molar-refractivity contribution >= 4 is 23.2 Å². The molecule has 0 bridgehead atoms. The number of ether oxygens (including phenoxy) is 2. The first-order valence-electron chi connectivity index (χ1n) is 12.2. The van der Waals surface area contributed by atoms with Crippen molar-refractivity contribution in [1.82, 2.24) is 0 Å². The first kappa shape index (κ1) is 23.9. The van der Waals surface area contributed by atoms with Crippen LogP contribution in [-0.4, -0.2) is 11.6 Å². The van der Waals surface area contributed by atoms with Crippen LogP contribution >= 0.6 is 11.6 Å². The minimum Gasteiger partial charge on any atom is -0.489 e. The topological polar surface area (TPSA) is 52.6 Å². The minimum atomic E-state index is -0.383.